The van der Waals surface area contributed by atoms with Crippen LogP contribution < -0.4 is 0 Å². The molecule has 0 aliphatic rings. The van der Waals surface area contributed by atoms with E-state index in [1.807, 2.05) is 17.9 Å². The molecule has 18 heavy (non-hydrogen) atoms. The normalized spacial score (nSPS) is 11.0. The summed E-state index contributed by atoms with van der Waals surface area (Å²) in [4.78, 5) is 15.1. The lowest BCUT2D eigenvalue weighted by Gasteiger charge is -2.23. The predicted molar refractivity (Wildman–Crippen MR) is 79.4 cm³/mol. The summed E-state index contributed by atoms with van der Waals surface area (Å²) in [6, 6.07) is 1.94. The molecule has 1 aromatic rings. The van der Waals surface area contributed by atoms with Gasteiger partial charge in [-0.3, -0.25) is 4.79 Å². The highest BCUT2D eigenvalue weighted by molar-refractivity contribution is 9.11. The maximum Gasteiger partial charge on any atom is 0.264 e. The van der Waals surface area contributed by atoms with E-state index in [9.17, 15) is 4.79 Å². The van der Waals surface area contributed by atoms with Crippen LogP contribution >= 0.6 is 27.3 Å². The van der Waals surface area contributed by atoms with Crippen molar-refractivity contribution in [3.63, 3.8) is 0 Å². The van der Waals surface area contributed by atoms with E-state index >= 15 is 0 Å². The largest absolute Gasteiger partial charge is 0.383 e. The molecule has 0 atom stereocenters. The highest BCUT2D eigenvalue weighted by Gasteiger charge is 2.19. The van der Waals surface area contributed by atoms with Gasteiger partial charge in [-0.05, 0) is 40.4 Å². The SMILES string of the molecule is COCCN(CC(C)C)C(=O)c1cc(C)c(Br)s1. The fourth-order valence-corrected chi connectivity index (χ4v) is 3.14. The Bertz CT molecular complexity index is 384. The number of hydrogen-bond donors (Lipinski definition) is 0. The van der Waals surface area contributed by atoms with Gasteiger partial charge in [0, 0.05) is 20.2 Å². The van der Waals surface area contributed by atoms with Crippen molar-refractivity contribution in [3.05, 3.63) is 20.3 Å². The number of thiophene rings is 1. The summed E-state index contributed by atoms with van der Waals surface area (Å²) >= 11 is 4.96. The second kappa shape index (κ2) is 7.26. The third-order valence-electron chi connectivity index (χ3n) is 2.51. The Balaban J connectivity index is 2.80. The molecule has 0 radical (unpaired) electrons. The van der Waals surface area contributed by atoms with Crippen molar-refractivity contribution in [2.45, 2.75) is 20.8 Å². The highest BCUT2D eigenvalue weighted by Crippen LogP contribution is 2.28. The van der Waals surface area contributed by atoms with Crippen molar-refractivity contribution in [1.82, 2.24) is 4.90 Å². The maximum absolute atomic E-state index is 12.4. The molecule has 0 aliphatic carbocycles. The van der Waals surface area contributed by atoms with E-state index < -0.39 is 0 Å². The summed E-state index contributed by atoms with van der Waals surface area (Å²) in [7, 11) is 1.66. The van der Waals surface area contributed by atoms with E-state index in [1.165, 1.54) is 11.3 Å². The number of hydrogen-bond acceptors (Lipinski definition) is 3. The smallest absolute Gasteiger partial charge is 0.264 e. The molecule has 0 bridgehead atoms. The summed E-state index contributed by atoms with van der Waals surface area (Å²) in [6.07, 6.45) is 0. The lowest BCUT2D eigenvalue weighted by Crippen LogP contribution is -2.36. The molecule has 1 heterocycles. The Morgan fingerprint density at radius 1 is 1.56 bits per heavy atom. The number of nitrogens with zero attached hydrogens (tertiary/aromatic N) is 1. The first-order valence-corrected chi connectivity index (χ1v) is 7.60. The Kier molecular flexibility index (Phi) is 6.32. The van der Waals surface area contributed by atoms with E-state index in [0.29, 0.717) is 19.1 Å². The van der Waals surface area contributed by atoms with Crippen LogP contribution in [0.25, 0.3) is 0 Å². The van der Waals surface area contributed by atoms with Gasteiger partial charge in [0.05, 0.1) is 15.3 Å². The van der Waals surface area contributed by atoms with E-state index in [4.69, 9.17) is 4.74 Å². The number of carbonyl (C=O) groups excluding carboxylic acids is 1. The Hall–Kier alpha value is -0.390. The number of amides is 1. The van der Waals surface area contributed by atoms with Gasteiger partial charge in [0.2, 0.25) is 0 Å². The Morgan fingerprint density at radius 2 is 2.22 bits per heavy atom. The van der Waals surface area contributed by atoms with E-state index in [2.05, 4.69) is 29.8 Å². The molecule has 0 saturated carbocycles. The number of halogens is 1. The van der Waals surface area contributed by atoms with Gasteiger partial charge in [0.1, 0.15) is 0 Å². The fraction of sp³-hybridized carbons (Fsp3) is 0.615. The molecule has 3 nitrogen and oxygen atoms in total. The summed E-state index contributed by atoms with van der Waals surface area (Å²) < 4.78 is 6.10. The highest BCUT2D eigenvalue weighted by atomic mass is 79.9. The Morgan fingerprint density at radius 3 is 2.67 bits per heavy atom. The van der Waals surface area contributed by atoms with Crippen molar-refractivity contribution >= 4 is 33.2 Å². The van der Waals surface area contributed by atoms with Crippen molar-refractivity contribution < 1.29 is 9.53 Å². The van der Waals surface area contributed by atoms with Crippen molar-refractivity contribution in [3.8, 4) is 0 Å². The summed E-state index contributed by atoms with van der Waals surface area (Å²) in [6.45, 7) is 8.20. The van der Waals surface area contributed by atoms with E-state index in [-0.39, 0.29) is 5.91 Å². The first kappa shape index (κ1) is 15.7. The van der Waals surface area contributed by atoms with Crippen molar-refractivity contribution in [1.29, 1.82) is 0 Å². The zero-order chi connectivity index (χ0) is 13.7. The minimum Gasteiger partial charge on any atom is -0.383 e. The molecule has 1 aromatic heterocycles. The van der Waals surface area contributed by atoms with Gasteiger partial charge >= 0.3 is 0 Å². The molecular weight excluding hydrogens is 314 g/mol. The van der Waals surface area contributed by atoms with Crippen LogP contribution in [0.5, 0.6) is 0 Å². The molecule has 0 saturated heterocycles. The minimum atomic E-state index is 0.0968. The van der Waals surface area contributed by atoms with Crippen LogP contribution in [0.3, 0.4) is 0 Å². The summed E-state index contributed by atoms with van der Waals surface area (Å²) in [5.74, 6) is 0.551. The summed E-state index contributed by atoms with van der Waals surface area (Å²) in [5, 5.41) is 0. The lowest BCUT2D eigenvalue weighted by molar-refractivity contribution is 0.0677. The van der Waals surface area contributed by atoms with Gasteiger partial charge in [0.25, 0.3) is 5.91 Å². The maximum atomic E-state index is 12.4. The average molecular weight is 334 g/mol. The van der Waals surface area contributed by atoms with Gasteiger partial charge in [-0.1, -0.05) is 13.8 Å². The molecule has 0 spiro atoms. The first-order chi connectivity index (χ1) is 8.45. The number of methoxy groups -OCH3 is 1. The van der Waals surface area contributed by atoms with Crippen LogP contribution in [0.15, 0.2) is 9.85 Å². The molecule has 0 fully saturated rings. The van der Waals surface area contributed by atoms with E-state index in [1.54, 1.807) is 7.11 Å². The molecule has 0 aliphatic heterocycles. The molecule has 102 valence electrons. The third-order valence-corrected chi connectivity index (χ3v) is 4.63. The van der Waals surface area contributed by atoms with Crippen LogP contribution in [0.4, 0.5) is 0 Å². The second-order valence-electron chi connectivity index (χ2n) is 4.71. The van der Waals surface area contributed by atoms with Gasteiger partial charge in [-0.25, -0.2) is 0 Å². The molecule has 0 aromatic carbocycles. The molecule has 1 amide bonds. The molecule has 1 rings (SSSR count). The zero-order valence-corrected chi connectivity index (χ0v) is 13.7. The van der Waals surface area contributed by atoms with Crippen LogP contribution in [0.2, 0.25) is 0 Å². The second-order valence-corrected chi connectivity index (χ2v) is 7.08. The van der Waals surface area contributed by atoms with Crippen LogP contribution in [0.1, 0.15) is 29.1 Å². The lowest BCUT2D eigenvalue weighted by atomic mass is 10.2. The number of carbonyl (C=O) groups is 1. The Labute approximate surface area is 121 Å². The number of aryl methyl sites for hydroxylation is 1. The van der Waals surface area contributed by atoms with Crippen molar-refractivity contribution in [2.24, 2.45) is 5.92 Å². The van der Waals surface area contributed by atoms with Gasteiger partial charge in [-0.15, -0.1) is 11.3 Å². The number of rotatable bonds is 6. The number of ether oxygens (including phenoxy) is 1. The molecule has 5 heteroatoms. The zero-order valence-electron chi connectivity index (χ0n) is 11.3. The molecule has 0 unspecified atom stereocenters. The minimum absolute atomic E-state index is 0.0968. The van der Waals surface area contributed by atoms with Crippen LogP contribution in [0, 0.1) is 12.8 Å². The third kappa shape index (κ3) is 4.37. The standard InChI is InChI=1S/C13H20BrNO2S/c1-9(2)8-15(5-6-17-4)13(16)11-7-10(3)12(14)18-11/h7,9H,5-6,8H2,1-4H3. The van der Waals surface area contributed by atoms with Gasteiger partial charge in [0.15, 0.2) is 0 Å². The fourth-order valence-electron chi connectivity index (χ4n) is 1.64. The quantitative estimate of drug-likeness (QED) is 0.796. The molecule has 0 N–H and O–H groups in total. The summed E-state index contributed by atoms with van der Waals surface area (Å²) in [5.41, 5.74) is 1.11. The topological polar surface area (TPSA) is 29.5 Å². The van der Waals surface area contributed by atoms with Gasteiger partial charge in [-0.2, -0.15) is 0 Å². The first-order valence-electron chi connectivity index (χ1n) is 5.99. The van der Waals surface area contributed by atoms with Crippen LogP contribution in [-0.2, 0) is 4.74 Å². The van der Waals surface area contributed by atoms with Crippen molar-refractivity contribution in [2.75, 3.05) is 26.8 Å². The van der Waals surface area contributed by atoms with Gasteiger partial charge < -0.3 is 9.64 Å². The van der Waals surface area contributed by atoms with Crippen LogP contribution in [-0.4, -0.2) is 37.6 Å². The molecular formula is C13H20BrNO2S. The monoisotopic (exact) mass is 333 g/mol. The average Bonchev–Trinajstić information content (AvgIpc) is 2.63. The predicted octanol–water partition coefficient (Wildman–Crippen LogP) is 3.56. The van der Waals surface area contributed by atoms with E-state index in [0.717, 1.165) is 20.8 Å².